The van der Waals surface area contributed by atoms with Gasteiger partial charge in [0.05, 0.1) is 14.2 Å². The van der Waals surface area contributed by atoms with Crippen LogP contribution in [0.1, 0.15) is 36.6 Å². The number of amides is 2. The van der Waals surface area contributed by atoms with Crippen LogP contribution in [0.15, 0.2) is 97.1 Å². The second-order valence-electron chi connectivity index (χ2n) is 9.39. The first-order valence-corrected chi connectivity index (χ1v) is 12.7. The van der Waals surface area contributed by atoms with E-state index in [4.69, 9.17) is 14.2 Å². The molecule has 0 unspecified atom stereocenters. The Morgan fingerprint density at radius 2 is 1.21 bits per heavy atom. The summed E-state index contributed by atoms with van der Waals surface area (Å²) in [5.41, 5.74) is 4.45. The van der Waals surface area contributed by atoms with Gasteiger partial charge in [-0.15, -0.1) is 0 Å². The van der Waals surface area contributed by atoms with E-state index in [0.717, 1.165) is 28.9 Å². The van der Waals surface area contributed by atoms with E-state index in [1.165, 1.54) is 0 Å². The van der Waals surface area contributed by atoms with E-state index in [-0.39, 0.29) is 12.1 Å². The van der Waals surface area contributed by atoms with Crippen LogP contribution in [0.4, 0.5) is 16.2 Å². The molecular weight excluding hydrogens is 476 g/mol. The summed E-state index contributed by atoms with van der Waals surface area (Å²) in [5, 5.41) is 5.79. The predicted octanol–water partition coefficient (Wildman–Crippen LogP) is 7.71. The van der Waals surface area contributed by atoms with Crippen molar-refractivity contribution < 1.29 is 19.0 Å². The topological polar surface area (TPSA) is 68.8 Å². The molecule has 2 N–H and O–H groups in total. The molecule has 4 aromatic rings. The summed E-state index contributed by atoms with van der Waals surface area (Å²) in [7, 11) is 3.13. The van der Waals surface area contributed by atoms with Gasteiger partial charge in [0.2, 0.25) is 0 Å². The number of carbonyl (C=O) groups excluding carboxylic acids is 1. The SMILES string of the molecule is COc1ccc(NC(=O)Nc2ccc(OC(c3ccccc3)c3ccccc3)c(CC(C)C)c2)cc1OC. The summed E-state index contributed by atoms with van der Waals surface area (Å²) < 4.78 is 17.3. The largest absolute Gasteiger partial charge is 0.493 e. The van der Waals surface area contributed by atoms with E-state index in [2.05, 4.69) is 48.7 Å². The maximum atomic E-state index is 12.8. The van der Waals surface area contributed by atoms with E-state index in [9.17, 15) is 4.79 Å². The smallest absolute Gasteiger partial charge is 0.323 e. The van der Waals surface area contributed by atoms with Gasteiger partial charge in [-0.25, -0.2) is 4.79 Å². The van der Waals surface area contributed by atoms with Gasteiger partial charge in [0.1, 0.15) is 11.9 Å². The summed E-state index contributed by atoms with van der Waals surface area (Å²) >= 11 is 0. The number of hydrogen-bond donors (Lipinski definition) is 2. The van der Waals surface area contributed by atoms with Crippen molar-refractivity contribution in [3.63, 3.8) is 0 Å². The van der Waals surface area contributed by atoms with Gasteiger partial charge < -0.3 is 24.8 Å². The highest BCUT2D eigenvalue weighted by molar-refractivity contribution is 6.00. The lowest BCUT2D eigenvalue weighted by Gasteiger charge is -2.23. The van der Waals surface area contributed by atoms with E-state index in [0.29, 0.717) is 28.8 Å². The fourth-order valence-electron chi connectivity index (χ4n) is 4.29. The monoisotopic (exact) mass is 510 g/mol. The first-order valence-electron chi connectivity index (χ1n) is 12.7. The molecule has 6 nitrogen and oxygen atoms in total. The Morgan fingerprint density at radius 3 is 1.74 bits per heavy atom. The second-order valence-corrected chi connectivity index (χ2v) is 9.39. The summed E-state index contributed by atoms with van der Waals surface area (Å²) in [4.78, 5) is 12.8. The third-order valence-corrected chi connectivity index (χ3v) is 6.04. The van der Waals surface area contributed by atoms with Crippen LogP contribution in [0.3, 0.4) is 0 Å². The number of hydrogen-bond acceptors (Lipinski definition) is 4. The van der Waals surface area contributed by atoms with Crippen molar-refractivity contribution in [2.75, 3.05) is 24.9 Å². The van der Waals surface area contributed by atoms with Gasteiger partial charge in [-0.1, -0.05) is 74.5 Å². The van der Waals surface area contributed by atoms with Crippen LogP contribution >= 0.6 is 0 Å². The summed E-state index contributed by atoms with van der Waals surface area (Å²) in [6, 6.07) is 31.0. The Kier molecular flexibility index (Phi) is 8.88. The Morgan fingerprint density at radius 1 is 0.684 bits per heavy atom. The van der Waals surface area contributed by atoms with Crippen molar-refractivity contribution in [1.29, 1.82) is 0 Å². The van der Waals surface area contributed by atoms with Crippen molar-refractivity contribution >= 4 is 17.4 Å². The van der Waals surface area contributed by atoms with Crippen LogP contribution in [-0.4, -0.2) is 20.3 Å². The number of ether oxygens (including phenoxy) is 3. The minimum absolute atomic E-state index is 0.254. The highest BCUT2D eigenvalue weighted by atomic mass is 16.5. The van der Waals surface area contributed by atoms with Crippen LogP contribution in [0.2, 0.25) is 0 Å². The Bertz CT molecular complexity index is 1300. The molecule has 4 rings (SSSR count). The quantitative estimate of drug-likeness (QED) is 0.229. The maximum Gasteiger partial charge on any atom is 0.323 e. The molecule has 0 saturated heterocycles. The number of benzene rings is 4. The van der Waals surface area contributed by atoms with E-state index in [1.807, 2.05) is 54.6 Å². The first kappa shape index (κ1) is 26.6. The van der Waals surface area contributed by atoms with Gasteiger partial charge in [0.15, 0.2) is 11.5 Å². The Labute approximate surface area is 224 Å². The predicted molar refractivity (Wildman–Crippen MR) is 153 cm³/mol. The lowest BCUT2D eigenvalue weighted by molar-refractivity contribution is 0.244. The highest BCUT2D eigenvalue weighted by Crippen LogP contribution is 2.33. The van der Waals surface area contributed by atoms with E-state index >= 15 is 0 Å². The molecule has 0 heterocycles. The Balaban J connectivity index is 1.56. The molecule has 0 spiro atoms. The standard InChI is InChI=1S/C32H34N2O4/c1-22(2)19-25-20-26(33-32(35)34-27-16-18-29(36-3)30(21-27)37-4)15-17-28(25)38-31(23-11-7-5-8-12-23)24-13-9-6-10-14-24/h5-18,20-22,31H,19H2,1-4H3,(H2,33,34,35). The highest BCUT2D eigenvalue weighted by Gasteiger charge is 2.19. The van der Waals surface area contributed by atoms with Crippen LogP contribution in [0.25, 0.3) is 0 Å². The molecular formula is C32H34N2O4. The molecule has 0 aliphatic carbocycles. The summed E-state index contributed by atoms with van der Waals surface area (Å²) in [6.07, 6.45) is 0.550. The molecule has 0 aromatic heterocycles. The third kappa shape index (κ3) is 6.85. The normalized spacial score (nSPS) is 10.8. The minimum atomic E-state index is -0.354. The second kappa shape index (κ2) is 12.7. The number of carbonyl (C=O) groups is 1. The Hall–Kier alpha value is -4.45. The zero-order chi connectivity index (χ0) is 26.9. The average molecular weight is 511 g/mol. The molecule has 0 saturated carbocycles. The van der Waals surface area contributed by atoms with Crippen LogP contribution in [0, 0.1) is 5.92 Å². The molecule has 0 fully saturated rings. The van der Waals surface area contributed by atoms with Crippen LogP contribution in [0.5, 0.6) is 17.2 Å². The van der Waals surface area contributed by atoms with Crippen molar-refractivity contribution in [3.8, 4) is 17.2 Å². The summed E-state index contributed by atoms with van der Waals surface area (Å²) in [5.74, 6) is 2.33. The fourth-order valence-corrected chi connectivity index (χ4v) is 4.29. The van der Waals surface area contributed by atoms with E-state index < -0.39 is 0 Å². The molecule has 2 amide bonds. The van der Waals surface area contributed by atoms with Gasteiger partial charge in [-0.3, -0.25) is 0 Å². The third-order valence-electron chi connectivity index (χ3n) is 6.04. The van der Waals surface area contributed by atoms with Gasteiger partial charge in [-0.2, -0.15) is 0 Å². The van der Waals surface area contributed by atoms with Crippen LogP contribution in [-0.2, 0) is 6.42 Å². The minimum Gasteiger partial charge on any atom is -0.493 e. The van der Waals surface area contributed by atoms with Gasteiger partial charge in [0.25, 0.3) is 0 Å². The number of nitrogens with one attached hydrogen (secondary N) is 2. The zero-order valence-electron chi connectivity index (χ0n) is 22.2. The van der Waals surface area contributed by atoms with E-state index in [1.54, 1.807) is 32.4 Å². The zero-order valence-corrected chi connectivity index (χ0v) is 22.2. The molecule has 0 atom stereocenters. The number of anilines is 2. The molecule has 0 radical (unpaired) electrons. The molecule has 0 aliphatic heterocycles. The molecule has 38 heavy (non-hydrogen) atoms. The summed E-state index contributed by atoms with van der Waals surface area (Å²) in [6.45, 7) is 4.33. The molecule has 4 aromatic carbocycles. The fraction of sp³-hybridized carbons (Fsp3) is 0.219. The van der Waals surface area contributed by atoms with Gasteiger partial charge in [-0.05, 0) is 59.4 Å². The number of methoxy groups -OCH3 is 2. The van der Waals surface area contributed by atoms with Crippen molar-refractivity contribution in [2.45, 2.75) is 26.4 Å². The van der Waals surface area contributed by atoms with Crippen molar-refractivity contribution in [2.24, 2.45) is 5.92 Å². The van der Waals surface area contributed by atoms with Gasteiger partial charge in [0, 0.05) is 17.4 Å². The molecule has 0 bridgehead atoms. The van der Waals surface area contributed by atoms with Crippen LogP contribution < -0.4 is 24.8 Å². The van der Waals surface area contributed by atoms with Crippen molar-refractivity contribution in [3.05, 3.63) is 114 Å². The molecule has 196 valence electrons. The lowest BCUT2D eigenvalue weighted by atomic mass is 9.99. The first-order chi connectivity index (χ1) is 18.5. The molecule has 6 heteroatoms. The number of rotatable bonds is 10. The average Bonchev–Trinajstić information content (AvgIpc) is 2.93. The number of urea groups is 1. The van der Waals surface area contributed by atoms with Crippen molar-refractivity contribution in [1.82, 2.24) is 0 Å². The van der Waals surface area contributed by atoms with Gasteiger partial charge >= 0.3 is 6.03 Å². The molecule has 0 aliphatic rings. The maximum absolute atomic E-state index is 12.8. The lowest BCUT2D eigenvalue weighted by Crippen LogP contribution is -2.19.